The van der Waals surface area contributed by atoms with Crippen molar-refractivity contribution in [3.8, 4) is 11.1 Å². The third-order valence-corrected chi connectivity index (χ3v) is 4.90. The van der Waals surface area contributed by atoms with Gasteiger partial charge in [0.15, 0.2) is 5.82 Å². The molecule has 0 radical (unpaired) electrons. The molecule has 150 valence electrons. The number of nitrogens with two attached hydrogens (primary N) is 2. The van der Waals surface area contributed by atoms with E-state index in [1.54, 1.807) is 18.2 Å². The van der Waals surface area contributed by atoms with Gasteiger partial charge in [-0.15, -0.1) is 0 Å². The number of hydrogen-bond donors (Lipinski definition) is 4. The summed E-state index contributed by atoms with van der Waals surface area (Å²) in [7, 11) is -9.72. The topological polar surface area (TPSA) is 102 Å². The Hall–Kier alpha value is -3.12. The summed E-state index contributed by atoms with van der Waals surface area (Å²) < 4.78 is 64.1. The van der Waals surface area contributed by atoms with E-state index in [4.69, 9.17) is 11.6 Å². The molecule has 6 N–H and O–H groups in total. The van der Waals surface area contributed by atoms with Gasteiger partial charge in [0, 0.05) is 29.2 Å². The fraction of sp³-hybridized carbons (Fsp3) is 0. The highest BCUT2D eigenvalue weighted by molar-refractivity contribution is 8.45. The van der Waals surface area contributed by atoms with Crippen LogP contribution in [-0.4, -0.2) is 9.97 Å². The normalized spacial score (nSPS) is 14.1. The summed E-state index contributed by atoms with van der Waals surface area (Å²) >= 11 is 0. The monoisotopic (exact) mass is 418 g/mol. The number of hydrogen-bond acceptors (Lipinski definition) is 6. The number of hydrazine groups is 1. The van der Waals surface area contributed by atoms with Crippen LogP contribution in [0.15, 0.2) is 59.8 Å². The summed E-state index contributed by atoms with van der Waals surface area (Å²) in [6, 6.07) is 7.37. The summed E-state index contributed by atoms with van der Waals surface area (Å²) in [6.45, 7) is 0. The van der Waals surface area contributed by atoms with Crippen LogP contribution in [0, 0.1) is 0 Å². The lowest BCUT2D eigenvalue weighted by Crippen LogP contribution is -2.10. The molecule has 28 heavy (non-hydrogen) atoms. The third kappa shape index (κ3) is 4.23. The molecular weight excluding hydrogens is 403 g/mol. The van der Waals surface area contributed by atoms with E-state index in [2.05, 4.69) is 20.7 Å². The van der Waals surface area contributed by atoms with Crippen molar-refractivity contribution in [2.45, 2.75) is 4.90 Å². The van der Waals surface area contributed by atoms with E-state index in [9.17, 15) is 19.4 Å². The summed E-state index contributed by atoms with van der Waals surface area (Å²) in [6.07, 6.45) is 2.94. The quantitative estimate of drug-likeness (QED) is 0.251. The van der Waals surface area contributed by atoms with Gasteiger partial charge in [0.2, 0.25) is 0 Å². The number of pyridine rings is 2. The Bertz CT molecular complexity index is 1020. The SMILES string of the molecule is NNc1ncc(-c2cccnc2Nc2ccc(S(F)(F)(F)(F)F)cc2)cc1N. The Morgan fingerprint density at radius 2 is 1.57 bits per heavy atom. The van der Waals surface area contributed by atoms with Crippen molar-refractivity contribution in [1.82, 2.24) is 9.97 Å². The Balaban J connectivity index is 1.94. The van der Waals surface area contributed by atoms with Gasteiger partial charge in [0.25, 0.3) is 0 Å². The number of rotatable bonds is 5. The van der Waals surface area contributed by atoms with E-state index < -0.39 is 15.1 Å². The number of aromatic nitrogens is 2. The molecule has 1 aromatic carbocycles. The van der Waals surface area contributed by atoms with Crippen LogP contribution in [0.25, 0.3) is 11.1 Å². The van der Waals surface area contributed by atoms with Crippen LogP contribution in [0.1, 0.15) is 0 Å². The van der Waals surface area contributed by atoms with Gasteiger partial charge in [-0.05, 0) is 42.5 Å². The largest absolute Gasteiger partial charge is 0.396 e. The van der Waals surface area contributed by atoms with E-state index in [1.165, 1.54) is 12.4 Å². The fourth-order valence-electron chi connectivity index (χ4n) is 2.42. The smallest absolute Gasteiger partial charge is 0.310 e. The first-order chi connectivity index (χ1) is 12.9. The molecule has 0 unspecified atom stereocenters. The van der Waals surface area contributed by atoms with Gasteiger partial charge in [0.1, 0.15) is 10.7 Å². The van der Waals surface area contributed by atoms with Crippen LogP contribution in [0.2, 0.25) is 0 Å². The second kappa shape index (κ2) is 5.94. The highest BCUT2D eigenvalue weighted by Crippen LogP contribution is 3.02. The molecule has 0 atom stereocenters. The van der Waals surface area contributed by atoms with Crippen LogP contribution in [0.4, 0.5) is 42.4 Å². The minimum Gasteiger partial charge on any atom is -0.396 e. The fourth-order valence-corrected chi connectivity index (χ4v) is 3.07. The molecule has 0 bridgehead atoms. The molecule has 0 aliphatic rings. The van der Waals surface area contributed by atoms with Crippen LogP contribution in [0.5, 0.6) is 0 Å². The summed E-state index contributed by atoms with van der Waals surface area (Å²) in [5, 5.41) is 2.80. The third-order valence-electron chi connectivity index (χ3n) is 3.74. The Labute approximate surface area is 156 Å². The number of benzene rings is 1. The molecule has 2 heterocycles. The maximum Gasteiger partial charge on any atom is 0.310 e. The highest BCUT2D eigenvalue weighted by Gasteiger charge is 2.65. The van der Waals surface area contributed by atoms with Gasteiger partial charge in [-0.2, -0.15) is 0 Å². The van der Waals surface area contributed by atoms with E-state index in [0.717, 1.165) is 12.1 Å². The lowest BCUT2D eigenvalue weighted by molar-refractivity contribution is 0.364. The lowest BCUT2D eigenvalue weighted by atomic mass is 10.1. The van der Waals surface area contributed by atoms with Crippen molar-refractivity contribution < 1.29 is 19.4 Å². The van der Waals surface area contributed by atoms with Crippen LogP contribution in [-0.2, 0) is 0 Å². The molecule has 0 aliphatic heterocycles. The number of anilines is 4. The highest BCUT2D eigenvalue weighted by atomic mass is 32.5. The van der Waals surface area contributed by atoms with Crippen molar-refractivity contribution in [1.29, 1.82) is 0 Å². The Morgan fingerprint density at radius 3 is 2.14 bits per heavy atom. The molecule has 0 amide bonds. The zero-order chi connectivity index (χ0) is 20.6. The average molecular weight is 418 g/mol. The second-order valence-electron chi connectivity index (χ2n) is 5.82. The maximum absolute atomic E-state index is 12.8. The number of nitrogens with one attached hydrogen (secondary N) is 2. The van der Waals surface area contributed by atoms with Crippen molar-refractivity contribution in [2.75, 3.05) is 16.5 Å². The van der Waals surface area contributed by atoms with Crippen molar-refractivity contribution >= 4 is 33.2 Å². The summed E-state index contributed by atoms with van der Waals surface area (Å²) in [5.74, 6) is 5.83. The van der Waals surface area contributed by atoms with Gasteiger partial charge in [0.05, 0.1) is 5.69 Å². The Morgan fingerprint density at radius 1 is 0.893 bits per heavy atom. The zero-order valence-electron chi connectivity index (χ0n) is 14.0. The van der Waals surface area contributed by atoms with Crippen LogP contribution < -0.4 is 22.3 Å². The molecule has 0 aliphatic carbocycles. The number of nitrogen functional groups attached to an aromatic ring is 2. The molecular formula is C16H15F5N6S. The van der Waals surface area contributed by atoms with Gasteiger partial charge in [-0.1, -0.05) is 19.4 Å². The van der Waals surface area contributed by atoms with Gasteiger partial charge < -0.3 is 16.5 Å². The van der Waals surface area contributed by atoms with Crippen molar-refractivity contribution in [3.05, 3.63) is 54.9 Å². The van der Waals surface area contributed by atoms with Gasteiger partial charge in [-0.25, -0.2) is 15.8 Å². The van der Waals surface area contributed by atoms with E-state index >= 15 is 0 Å². The van der Waals surface area contributed by atoms with Crippen LogP contribution in [0.3, 0.4) is 0 Å². The first kappa shape index (κ1) is 19.6. The summed E-state index contributed by atoms with van der Waals surface area (Å²) in [4.78, 5) is 6.23. The standard InChI is InChI=1S/C16H15F5N6S/c17-28(18,19,20,21)12-5-3-11(4-6-12)26-15-13(2-1-7-24-15)10-8-14(22)16(27-23)25-9-10/h1-9H,22-23H2,(H,24,26)(H,25,27). The summed E-state index contributed by atoms with van der Waals surface area (Å²) in [5.41, 5.74) is 9.70. The molecule has 3 aromatic rings. The number of nitrogens with zero attached hydrogens (tertiary/aromatic N) is 2. The molecule has 12 heteroatoms. The maximum atomic E-state index is 12.8. The predicted octanol–water partition coefficient (Wildman–Crippen LogP) is 5.41. The van der Waals surface area contributed by atoms with Crippen molar-refractivity contribution in [2.24, 2.45) is 5.84 Å². The van der Waals surface area contributed by atoms with E-state index in [1.807, 2.05) is 0 Å². The van der Waals surface area contributed by atoms with Crippen LogP contribution >= 0.6 is 10.2 Å². The lowest BCUT2D eigenvalue weighted by Gasteiger charge is -2.40. The average Bonchev–Trinajstić information content (AvgIpc) is 2.60. The van der Waals surface area contributed by atoms with Crippen molar-refractivity contribution in [3.63, 3.8) is 0 Å². The molecule has 2 aromatic heterocycles. The zero-order valence-corrected chi connectivity index (χ0v) is 14.9. The minimum absolute atomic E-state index is 0.145. The first-order valence-electron chi connectivity index (χ1n) is 7.66. The van der Waals surface area contributed by atoms with E-state index in [-0.39, 0.29) is 23.0 Å². The second-order valence-corrected chi connectivity index (χ2v) is 8.23. The number of halogens is 5. The molecule has 6 nitrogen and oxygen atoms in total. The first-order valence-corrected chi connectivity index (χ1v) is 9.61. The molecule has 0 saturated carbocycles. The molecule has 0 spiro atoms. The predicted molar refractivity (Wildman–Crippen MR) is 101 cm³/mol. The van der Waals surface area contributed by atoms with Gasteiger partial charge >= 0.3 is 10.2 Å². The minimum atomic E-state index is -9.72. The molecule has 0 fully saturated rings. The molecule has 0 saturated heterocycles. The van der Waals surface area contributed by atoms with Gasteiger partial charge in [-0.3, -0.25) is 0 Å². The Kier molecular flexibility index (Phi) is 4.16. The molecule has 3 rings (SSSR count). The van der Waals surface area contributed by atoms with E-state index in [0.29, 0.717) is 23.3 Å².